The summed E-state index contributed by atoms with van der Waals surface area (Å²) >= 11 is 6.26. The first-order valence-corrected chi connectivity index (χ1v) is 7.31. The van der Waals surface area contributed by atoms with Gasteiger partial charge in [-0.1, -0.05) is 23.7 Å². The van der Waals surface area contributed by atoms with Crippen LogP contribution in [0.2, 0.25) is 5.02 Å². The van der Waals surface area contributed by atoms with Crippen LogP contribution in [0, 0.1) is 5.82 Å². The van der Waals surface area contributed by atoms with E-state index < -0.39 is 0 Å². The number of nitrogens with one attached hydrogen (secondary N) is 1. The van der Waals surface area contributed by atoms with E-state index in [2.05, 4.69) is 12.2 Å². The van der Waals surface area contributed by atoms with Crippen molar-refractivity contribution in [1.82, 2.24) is 0 Å². The molecule has 0 aliphatic rings. The van der Waals surface area contributed by atoms with Gasteiger partial charge in [-0.25, -0.2) is 4.39 Å². The molecule has 0 aliphatic carbocycles. The molecule has 21 heavy (non-hydrogen) atoms. The highest BCUT2D eigenvalue weighted by molar-refractivity contribution is 6.33. The van der Waals surface area contributed by atoms with Gasteiger partial charge in [-0.05, 0) is 49.2 Å². The Kier molecular flexibility index (Phi) is 5.07. The molecule has 2 rings (SSSR count). The van der Waals surface area contributed by atoms with E-state index in [1.807, 2.05) is 49.3 Å². The second-order valence-electron chi connectivity index (χ2n) is 5.44. The molecule has 0 heterocycles. The summed E-state index contributed by atoms with van der Waals surface area (Å²) in [5.74, 6) is -0.203. The van der Waals surface area contributed by atoms with E-state index in [4.69, 9.17) is 11.6 Å². The fourth-order valence-electron chi connectivity index (χ4n) is 2.27. The number of benzene rings is 2. The van der Waals surface area contributed by atoms with Gasteiger partial charge < -0.3 is 10.2 Å². The molecule has 1 unspecified atom stereocenters. The van der Waals surface area contributed by atoms with E-state index in [1.54, 1.807) is 0 Å². The van der Waals surface area contributed by atoms with Crippen LogP contribution in [0.25, 0.3) is 0 Å². The fraction of sp³-hybridized carbons (Fsp3) is 0.294. The van der Waals surface area contributed by atoms with Crippen molar-refractivity contribution in [3.63, 3.8) is 0 Å². The molecule has 0 radical (unpaired) electrons. The molecule has 2 aromatic carbocycles. The predicted molar refractivity (Wildman–Crippen MR) is 89.0 cm³/mol. The van der Waals surface area contributed by atoms with Crippen molar-refractivity contribution in [2.24, 2.45) is 0 Å². The SMILES string of the molecule is CC(Cc1ccc(F)cc1)Nc1ccc(N(C)C)c(Cl)c1. The Morgan fingerprint density at radius 2 is 1.81 bits per heavy atom. The van der Waals surface area contributed by atoms with Crippen LogP contribution in [0.3, 0.4) is 0 Å². The van der Waals surface area contributed by atoms with Gasteiger partial charge in [0, 0.05) is 25.8 Å². The highest BCUT2D eigenvalue weighted by Crippen LogP contribution is 2.27. The third-order valence-corrected chi connectivity index (χ3v) is 3.60. The molecule has 0 amide bonds. The van der Waals surface area contributed by atoms with Crippen LogP contribution in [0.4, 0.5) is 15.8 Å². The van der Waals surface area contributed by atoms with Crippen molar-refractivity contribution in [2.45, 2.75) is 19.4 Å². The molecule has 1 N–H and O–H groups in total. The Balaban J connectivity index is 2.00. The van der Waals surface area contributed by atoms with Crippen LogP contribution in [0.5, 0.6) is 0 Å². The van der Waals surface area contributed by atoms with Gasteiger partial charge in [0.05, 0.1) is 10.7 Å². The average molecular weight is 307 g/mol. The van der Waals surface area contributed by atoms with Crippen molar-refractivity contribution in [2.75, 3.05) is 24.3 Å². The van der Waals surface area contributed by atoms with Gasteiger partial charge in [0.15, 0.2) is 0 Å². The van der Waals surface area contributed by atoms with Gasteiger partial charge in [-0.15, -0.1) is 0 Å². The summed E-state index contributed by atoms with van der Waals surface area (Å²) < 4.78 is 12.9. The molecule has 0 saturated carbocycles. The lowest BCUT2D eigenvalue weighted by Gasteiger charge is -2.18. The third-order valence-electron chi connectivity index (χ3n) is 3.30. The second kappa shape index (κ2) is 6.81. The van der Waals surface area contributed by atoms with Gasteiger partial charge in [-0.3, -0.25) is 0 Å². The third kappa shape index (κ3) is 4.36. The van der Waals surface area contributed by atoms with Crippen molar-refractivity contribution < 1.29 is 4.39 Å². The van der Waals surface area contributed by atoms with Crippen molar-refractivity contribution >= 4 is 23.0 Å². The fourth-order valence-corrected chi connectivity index (χ4v) is 2.62. The maximum atomic E-state index is 12.9. The summed E-state index contributed by atoms with van der Waals surface area (Å²) in [4.78, 5) is 1.98. The molecule has 0 fully saturated rings. The molecular weight excluding hydrogens is 287 g/mol. The topological polar surface area (TPSA) is 15.3 Å². The zero-order chi connectivity index (χ0) is 15.4. The Labute approximate surface area is 130 Å². The molecule has 2 aromatic rings. The first-order chi connectivity index (χ1) is 9.95. The van der Waals surface area contributed by atoms with Crippen LogP contribution >= 0.6 is 11.6 Å². The van der Waals surface area contributed by atoms with E-state index in [0.717, 1.165) is 28.4 Å². The van der Waals surface area contributed by atoms with E-state index in [0.29, 0.717) is 0 Å². The molecule has 0 bridgehead atoms. The average Bonchev–Trinajstić information content (AvgIpc) is 2.41. The normalized spacial score (nSPS) is 12.0. The van der Waals surface area contributed by atoms with E-state index in [1.165, 1.54) is 12.1 Å². The molecule has 4 heteroatoms. The van der Waals surface area contributed by atoms with Crippen molar-refractivity contribution in [3.8, 4) is 0 Å². The summed E-state index contributed by atoms with van der Waals surface area (Å²) in [7, 11) is 3.93. The lowest BCUT2D eigenvalue weighted by atomic mass is 10.1. The number of hydrogen-bond acceptors (Lipinski definition) is 2. The first kappa shape index (κ1) is 15.6. The predicted octanol–water partition coefficient (Wildman–Crippen LogP) is 4.59. The molecule has 112 valence electrons. The summed E-state index contributed by atoms with van der Waals surface area (Å²) in [5, 5.41) is 4.14. The van der Waals surface area contributed by atoms with Gasteiger partial charge in [-0.2, -0.15) is 0 Å². The zero-order valence-corrected chi connectivity index (χ0v) is 13.3. The molecule has 0 aromatic heterocycles. The van der Waals surface area contributed by atoms with Crippen molar-refractivity contribution in [1.29, 1.82) is 0 Å². The van der Waals surface area contributed by atoms with E-state index in [9.17, 15) is 4.39 Å². The maximum Gasteiger partial charge on any atom is 0.123 e. The number of nitrogens with zero attached hydrogens (tertiary/aromatic N) is 1. The standard InChI is InChI=1S/C17H20ClFN2/c1-12(10-13-4-6-14(19)7-5-13)20-15-8-9-17(21(2)3)16(18)11-15/h4-9,11-12,20H,10H2,1-3H3. The van der Waals surface area contributed by atoms with Gasteiger partial charge in [0.1, 0.15) is 5.82 Å². The van der Waals surface area contributed by atoms with E-state index >= 15 is 0 Å². The Hall–Kier alpha value is -1.74. The van der Waals surface area contributed by atoms with Gasteiger partial charge >= 0.3 is 0 Å². The Morgan fingerprint density at radius 1 is 1.14 bits per heavy atom. The lowest BCUT2D eigenvalue weighted by Crippen LogP contribution is -2.18. The van der Waals surface area contributed by atoms with E-state index in [-0.39, 0.29) is 11.9 Å². The first-order valence-electron chi connectivity index (χ1n) is 6.93. The number of halogens is 2. The summed E-state index contributed by atoms with van der Waals surface area (Å²) in [6.45, 7) is 2.09. The van der Waals surface area contributed by atoms with Gasteiger partial charge in [0.2, 0.25) is 0 Å². The molecule has 0 saturated heterocycles. The molecule has 0 spiro atoms. The number of hydrogen-bond donors (Lipinski definition) is 1. The highest BCUT2D eigenvalue weighted by atomic mass is 35.5. The Bertz CT molecular complexity index is 596. The summed E-state index contributed by atoms with van der Waals surface area (Å²) in [6.07, 6.45) is 0.827. The van der Waals surface area contributed by atoms with Crippen LogP contribution in [0.1, 0.15) is 12.5 Å². The van der Waals surface area contributed by atoms with Gasteiger partial charge in [0.25, 0.3) is 0 Å². The molecule has 2 nitrogen and oxygen atoms in total. The molecule has 1 atom stereocenters. The van der Waals surface area contributed by atoms with Crippen LogP contribution in [0.15, 0.2) is 42.5 Å². The van der Waals surface area contributed by atoms with Crippen LogP contribution in [-0.4, -0.2) is 20.1 Å². The number of rotatable bonds is 5. The minimum Gasteiger partial charge on any atom is -0.382 e. The summed E-state index contributed by atoms with van der Waals surface area (Å²) in [6, 6.07) is 12.8. The second-order valence-corrected chi connectivity index (χ2v) is 5.84. The lowest BCUT2D eigenvalue weighted by molar-refractivity contribution is 0.626. The molecular formula is C17H20ClFN2. The quantitative estimate of drug-likeness (QED) is 0.869. The Morgan fingerprint density at radius 3 is 2.38 bits per heavy atom. The van der Waals surface area contributed by atoms with Crippen LogP contribution < -0.4 is 10.2 Å². The summed E-state index contributed by atoms with van der Waals surface area (Å²) in [5.41, 5.74) is 3.08. The van der Waals surface area contributed by atoms with Crippen molar-refractivity contribution in [3.05, 3.63) is 58.9 Å². The largest absolute Gasteiger partial charge is 0.382 e. The zero-order valence-electron chi connectivity index (χ0n) is 12.5. The minimum absolute atomic E-state index is 0.203. The minimum atomic E-state index is -0.203. The smallest absolute Gasteiger partial charge is 0.123 e. The number of anilines is 2. The maximum absolute atomic E-state index is 12.9. The van der Waals surface area contributed by atoms with Crippen LogP contribution in [-0.2, 0) is 6.42 Å². The molecule has 0 aliphatic heterocycles. The monoisotopic (exact) mass is 306 g/mol. The highest BCUT2D eigenvalue weighted by Gasteiger charge is 2.07.